The fourth-order valence-electron chi connectivity index (χ4n) is 3.49. The molecule has 0 radical (unpaired) electrons. The standard InChI is InChI=1S/C20H10S4/c1-3-15(21-9-1)19-11-5-6-12-18-14(8-7-13(23-19)17(11)18)24-20(12)16-4-2-10-22-16/h1-10H. The van der Waals surface area contributed by atoms with Gasteiger partial charge in [-0.25, -0.2) is 0 Å². The van der Waals surface area contributed by atoms with Crippen LogP contribution in [0.2, 0.25) is 0 Å². The van der Waals surface area contributed by atoms with E-state index in [4.69, 9.17) is 0 Å². The van der Waals surface area contributed by atoms with Gasteiger partial charge in [0.25, 0.3) is 0 Å². The minimum Gasteiger partial charge on any atom is -0.143 e. The van der Waals surface area contributed by atoms with Crippen molar-refractivity contribution in [1.82, 2.24) is 0 Å². The Bertz CT molecular complexity index is 1180. The number of thiophene rings is 4. The number of hydrogen-bond donors (Lipinski definition) is 0. The summed E-state index contributed by atoms with van der Waals surface area (Å²) in [6.45, 7) is 0. The van der Waals surface area contributed by atoms with Gasteiger partial charge < -0.3 is 0 Å². The molecule has 0 aliphatic heterocycles. The van der Waals surface area contributed by atoms with Crippen LogP contribution in [-0.2, 0) is 0 Å². The lowest BCUT2D eigenvalue weighted by Crippen LogP contribution is -1.74. The molecule has 0 amide bonds. The smallest absolute Gasteiger partial charge is 0.0527 e. The van der Waals surface area contributed by atoms with Crippen LogP contribution in [0.1, 0.15) is 0 Å². The molecule has 0 bridgehead atoms. The maximum Gasteiger partial charge on any atom is 0.0527 e. The fourth-order valence-corrected chi connectivity index (χ4v) is 7.62. The first-order valence-corrected chi connectivity index (χ1v) is 11.1. The average molecular weight is 379 g/mol. The van der Waals surface area contributed by atoms with Gasteiger partial charge in [0.2, 0.25) is 0 Å². The third-order valence-electron chi connectivity index (χ3n) is 4.49. The summed E-state index contributed by atoms with van der Waals surface area (Å²) < 4.78 is 2.81. The lowest BCUT2D eigenvalue weighted by atomic mass is 10.0. The molecule has 0 atom stereocenters. The van der Waals surface area contributed by atoms with E-state index in [1.54, 1.807) is 0 Å². The Morgan fingerprint density at radius 3 is 1.46 bits per heavy atom. The normalized spacial score (nSPS) is 12.2. The Balaban J connectivity index is 1.79. The van der Waals surface area contributed by atoms with Crippen LogP contribution >= 0.6 is 45.3 Å². The van der Waals surface area contributed by atoms with E-state index in [9.17, 15) is 0 Å². The fraction of sp³-hybridized carbons (Fsp3) is 0. The van der Waals surface area contributed by atoms with Crippen LogP contribution in [0.15, 0.2) is 59.3 Å². The van der Waals surface area contributed by atoms with Crippen LogP contribution in [0.25, 0.3) is 50.5 Å². The molecule has 0 saturated heterocycles. The van der Waals surface area contributed by atoms with Crippen molar-refractivity contribution in [3.8, 4) is 19.5 Å². The summed E-state index contributed by atoms with van der Waals surface area (Å²) in [6.07, 6.45) is 0. The average Bonchev–Trinajstić information content (AvgIpc) is 3.36. The van der Waals surface area contributed by atoms with E-state index in [2.05, 4.69) is 59.3 Å². The molecule has 0 saturated carbocycles. The lowest BCUT2D eigenvalue weighted by Gasteiger charge is -2.01. The highest BCUT2D eigenvalue weighted by atomic mass is 32.1. The summed E-state index contributed by atoms with van der Waals surface area (Å²) in [5.41, 5.74) is 0. The van der Waals surface area contributed by atoms with E-state index in [-0.39, 0.29) is 0 Å². The lowest BCUT2D eigenvalue weighted by molar-refractivity contribution is 1.93. The van der Waals surface area contributed by atoms with Gasteiger partial charge in [-0.3, -0.25) is 0 Å². The van der Waals surface area contributed by atoms with E-state index in [1.165, 1.54) is 50.5 Å². The van der Waals surface area contributed by atoms with Crippen molar-refractivity contribution in [3.05, 3.63) is 59.3 Å². The Morgan fingerprint density at radius 2 is 1.04 bits per heavy atom. The minimum absolute atomic E-state index is 1.38. The Kier molecular flexibility index (Phi) is 2.77. The molecule has 0 fully saturated rings. The van der Waals surface area contributed by atoms with E-state index in [1.807, 2.05) is 45.3 Å². The maximum absolute atomic E-state index is 2.33. The van der Waals surface area contributed by atoms with Crippen LogP contribution in [-0.4, -0.2) is 0 Å². The van der Waals surface area contributed by atoms with Crippen molar-refractivity contribution >= 4 is 76.3 Å². The van der Waals surface area contributed by atoms with E-state index < -0.39 is 0 Å². The summed E-state index contributed by atoms with van der Waals surface area (Å²) in [4.78, 5) is 5.58. The van der Waals surface area contributed by atoms with Gasteiger partial charge in [-0.15, -0.1) is 45.3 Å². The van der Waals surface area contributed by atoms with Gasteiger partial charge in [0.1, 0.15) is 0 Å². The predicted molar refractivity (Wildman–Crippen MR) is 113 cm³/mol. The molecular weight excluding hydrogens is 368 g/mol. The van der Waals surface area contributed by atoms with Gasteiger partial charge in [0.15, 0.2) is 0 Å². The molecule has 0 aliphatic carbocycles. The molecule has 4 heteroatoms. The first-order chi connectivity index (χ1) is 11.9. The molecule has 0 nitrogen and oxygen atoms in total. The van der Waals surface area contributed by atoms with E-state index in [0.29, 0.717) is 0 Å². The number of benzene rings is 2. The SMILES string of the molecule is c1csc(-c2sc3ccc4sc(-c5cccs5)c5ccc2c3c45)c1. The van der Waals surface area contributed by atoms with E-state index >= 15 is 0 Å². The van der Waals surface area contributed by atoms with Crippen molar-refractivity contribution in [2.24, 2.45) is 0 Å². The molecule has 4 heterocycles. The number of rotatable bonds is 2. The molecule has 2 aromatic carbocycles. The molecule has 0 N–H and O–H groups in total. The van der Waals surface area contributed by atoms with Crippen LogP contribution < -0.4 is 0 Å². The molecule has 0 spiro atoms. The molecule has 4 aromatic heterocycles. The summed E-state index contributed by atoms with van der Waals surface area (Å²) in [5, 5.41) is 10.1. The highest BCUT2D eigenvalue weighted by Gasteiger charge is 2.19. The Labute approximate surface area is 154 Å². The van der Waals surface area contributed by atoms with Gasteiger partial charge in [-0.05, 0) is 35.0 Å². The van der Waals surface area contributed by atoms with Crippen molar-refractivity contribution in [2.75, 3.05) is 0 Å². The van der Waals surface area contributed by atoms with Crippen LogP contribution in [0, 0.1) is 0 Å². The molecule has 114 valence electrons. The van der Waals surface area contributed by atoms with Crippen molar-refractivity contribution in [3.63, 3.8) is 0 Å². The van der Waals surface area contributed by atoms with Crippen molar-refractivity contribution < 1.29 is 0 Å². The summed E-state index contributed by atoms with van der Waals surface area (Å²) in [5.74, 6) is 0. The predicted octanol–water partition coefficient (Wildman–Crippen LogP) is 8.16. The first-order valence-electron chi connectivity index (χ1n) is 7.68. The zero-order valence-corrected chi connectivity index (χ0v) is 15.7. The molecular formula is C20H10S4. The molecule has 0 aliphatic rings. The molecule has 6 rings (SSSR count). The van der Waals surface area contributed by atoms with Gasteiger partial charge in [-0.1, -0.05) is 24.3 Å². The van der Waals surface area contributed by atoms with Gasteiger partial charge in [0.05, 0.1) is 9.75 Å². The van der Waals surface area contributed by atoms with Crippen molar-refractivity contribution in [1.29, 1.82) is 0 Å². The van der Waals surface area contributed by atoms with Gasteiger partial charge >= 0.3 is 0 Å². The highest BCUT2D eigenvalue weighted by Crippen LogP contribution is 2.50. The third-order valence-corrected chi connectivity index (χ3v) is 8.93. The monoisotopic (exact) mass is 378 g/mol. The molecule has 24 heavy (non-hydrogen) atoms. The maximum atomic E-state index is 2.33. The Morgan fingerprint density at radius 1 is 0.542 bits per heavy atom. The zero-order valence-electron chi connectivity index (χ0n) is 12.4. The van der Waals surface area contributed by atoms with Crippen molar-refractivity contribution in [2.45, 2.75) is 0 Å². The third kappa shape index (κ3) is 1.72. The Hall–Kier alpha value is -1.72. The number of hydrogen-bond acceptors (Lipinski definition) is 4. The van der Waals surface area contributed by atoms with E-state index in [0.717, 1.165) is 0 Å². The van der Waals surface area contributed by atoms with Gasteiger partial charge in [0, 0.05) is 40.7 Å². The van der Waals surface area contributed by atoms with Crippen LogP contribution in [0.4, 0.5) is 0 Å². The summed E-state index contributed by atoms with van der Waals surface area (Å²) in [6, 6.07) is 18.0. The largest absolute Gasteiger partial charge is 0.143 e. The van der Waals surface area contributed by atoms with Gasteiger partial charge in [-0.2, -0.15) is 0 Å². The molecule has 6 aromatic rings. The second kappa shape index (κ2) is 4.90. The summed E-state index contributed by atoms with van der Waals surface area (Å²) in [7, 11) is 0. The quantitative estimate of drug-likeness (QED) is 0.285. The van der Waals surface area contributed by atoms with Crippen LogP contribution in [0.3, 0.4) is 0 Å². The topological polar surface area (TPSA) is 0 Å². The van der Waals surface area contributed by atoms with Crippen LogP contribution in [0.5, 0.6) is 0 Å². The molecule has 0 unspecified atom stereocenters. The zero-order chi connectivity index (χ0) is 15.7. The second-order valence-corrected chi connectivity index (χ2v) is 9.79. The summed E-state index contributed by atoms with van der Waals surface area (Å²) >= 11 is 7.52. The highest BCUT2D eigenvalue weighted by molar-refractivity contribution is 7.28. The minimum atomic E-state index is 1.38. The second-order valence-electron chi connectivity index (χ2n) is 5.79. The first kappa shape index (κ1) is 13.6.